The van der Waals surface area contributed by atoms with Crippen molar-refractivity contribution in [1.82, 2.24) is 10.3 Å². The Morgan fingerprint density at radius 3 is 2.84 bits per heavy atom. The maximum atomic E-state index is 11.7. The molecule has 0 bridgehead atoms. The molecule has 1 saturated heterocycles. The van der Waals surface area contributed by atoms with Crippen molar-refractivity contribution in [2.75, 3.05) is 6.61 Å². The Bertz CT molecular complexity index is 786. The largest absolute Gasteiger partial charge is 0.392 e. The van der Waals surface area contributed by atoms with E-state index in [1.54, 1.807) is 30.3 Å². The topological polar surface area (TPSA) is 135 Å². The minimum absolute atomic E-state index is 0.112. The molecule has 0 saturated carbocycles. The van der Waals surface area contributed by atoms with E-state index in [1.165, 1.54) is 0 Å². The monoisotopic (exact) mass is 415 g/mol. The zero-order chi connectivity index (χ0) is 19.1. The lowest BCUT2D eigenvalue weighted by Crippen LogP contribution is -2.72. The van der Waals surface area contributed by atoms with Crippen molar-refractivity contribution in [2.24, 2.45) is 0 Å². The first kappa shape index (κ1) is 17.0. The molecule has 1 unspecified atom stereocenters. The number of fused-ring (bicyclic) bond motifs is 1. The van der Waals surface area contributed by atoms with Crippen LogP contribution in [0.3, 0.4) is 0 Å². The van der Waals surface area contributed by atoms with Gasteiger partial charge in [0.25, 0.3) is 0 Å². The number of carbonyl (C=O) groups excluding carboxylic acids is 1. The number of hydrogen-bond acceptors (Lipinski definition) is 6. The molecule has 0 radical (unpaired) electrons. The minimum atomic E-state index is -2.24. The van der Waals surface area contributed by atoms with E-state index in [0.717, 1.165) is 5.39 Å². The summed E-state index contributed by atoms with van der Waals surface area (Å²) < 4.78 is 10.5. The highest BCUT2D eigenvalue weighted by molar-refractivity contribution is 9.10. The molecular formula is C16H19BrN2O6. The first-order valence-electron chi connectivity index (χ1n) is 8.20. The molecule has 9 heteroatoms. The third-order valence-corrected chi connectivity index (χ3v) is 5.27. The quantitative estimate of drug-likeness (QED) is 0.379. The van der Waals surface area contributed by atoms with Gasteiger partial charge < -0.3 is 35.5 Å². The van der Waals surface area contributed by atoms with Crippen molar-refractivity contribution < 1.29 is 31.3 Å². The lowest BCUT2D eigenvalue weighted by molar-refractivity contribution is -0.302. The van der Waals surface area contributed by atoms with Crippen LogP contribution in [0.1, 0.15) is 14.0 Å². The SMILES string of the molecule is [2H]CC(=O)N[C@H]1C(O)O[C@](Br)(CO)[C@@H](O)[C@@]1(O)c1cc2ccccc2[nH]1. The highest BCUT2D eigenvalue weighted by Crippen LogP contribution is 2.45. The smallest absolute Gasteiger partial charge is 0.217 e. The number of ether oxygens (including phenoxy) is 1. The number of halogens is 1. The van der Waals surface area contributed by atoms with Crippen LogP contribution in [0.15, 0.2) is 30.3 Å². The molecule has 6 N–H and O–H groups in total. The summed E-state index contributed by atoms with van der Waals surface area (Å²) in [6.07, 6.45) is -3.54. The highest BCUT2D eigenvalue weighted by Gasteiger charge is 2.62. The second kappa shape index (κ2) is 6.35. The second-order valence-electron chi connectivity index (χ2n) is 6.00. The number of amides is 1. The van der Waals surface area contributed by atoms with Crippen LogP contribution in [-0.4, -0.2) is 60.9 Å². The van der Waals surface area contributed by atoms with Crippen LogP contribution in [0, 0.1) is 0 Å². The number of nitrogens with one attached hydrogen (secondary N) is 2. The van der Waals surface area contributed by atoms with Gasteiger partial charge in [-0.3, -0.25) is 4.79 Å². The number of carbonyl (C=O) groups is 1. The van der Waals surface area contributed by atoms with Crippen LogP contribution in [0.5, 0.6) is 0 Å². The van der Waals surface area contributed by atoms with Gasteiger partial charge in [-0.1, -0.05) is 18.2 Å². The van der Waals surface area contributed by atoms with Crippen LogP contribution in [-0.2, 0) is 15.1 Å². The van der Waals surface area contributed by atoms with Crippen molar-refractivity contribution in [3.63, 3.8) is 0 Å². The molecule has 1 aromatic carbocycles. The van der Waals surface area contributed by atoms with Gasteiger partial charge >= 0.3 is 0 Å². The van der Waals surface area contributed by atoms with Crippen LogP contribution in [0.4, 0.5) is 0 Å². The number of aromatic nitrogens is 1. The van der Waals surface area contributed by atoms with Crippen molar-refractivity contribution in [1.29, 1.82) is 0 Å². The van der Waals surface area contributed by atoms with E-state index in [4.69, 9.17) is 6.11 Å². The summed E-state index contributed by atoms with van der Waals surface area (Å²) in [7, 11) is 0. The third-order valence-electron chi connectivity index (χ3n) is 4.39. The number of benzene rings is 1. The molecule has 1 amide bonds. The lowest BCUT2D eigenvalue weighted by atomic mass is 9.79. The molecule has 1 aliphatic heterocycles. The summed E-state index contributed by atoms with van der Waals surface area (Å²) in [6, 6.07) is 7.20. The van der Waals surface area contributed by atoms with Gasteiger partial charge in [0.1, 0.15) is 12.1 Å². The van der Waals surface area contributed by atoms with E-state index in [-0.39, 0.29) is 5.69 Å². The van der Waals surface area contributed by atoms with Crippen LogP contribution < -0.4 is 5.32 Å². The van der Waals surface area contributed by atoms with Gasteiger partial charge in [0.2, 0.25) is 5.91 Å². The fourth-order valence-corrected chi connectivity index (χ4v) is 3.67. The van der Waals surface area contributed by atoms with Crippen LogP contribution >= 0.6 is 15.9 Å². The standard InChI is InChI=1S/C16H19BrN2O6/c1-8(21)18-12-13(22)25-15(17,7-20)14(23)16(12,24)11-6-9-4-2-3-5-10(9)19-11/h2-6,12-14,19-20,22-24H,7H2,1H3,(H,18,21)/t12-,13?,14+,15+,16+/m0/s1/i1D. The molecule has 2 heterocycles. The van der Waals surface area contributed by atoms with Gasteiger partial charge in [0.15, 0.2) is 16.4 Å². The maximum absolute atomic E-state index is 11.7. The number of alkyl halides is 1. The molecule has 0 spiro atoms. The summed E-state index contributed by atoms with van der Waals surface area (Å²) in [6.45, 7) is -1.39. The Morgan fingerprint density at radius 1 is 1.48 bits per heavy atom. The van der Waals surface area contributed by atoms with Gasteiger partial charge in [-0.05, 0) is 33.4 Å². The molecule has 0 aliphatic carbocycles. The van der Waals surface area contributed by atoms with E-state index in [9.17, 15) is 25.2 Å². The minimum Gasteiger partial charge on any atom is -0.392 e. The summed E-state index contributed by atoms with van der Waals surface area (Å²) >= 11 is 3.02. The summed E-state index contributed by atoms with van der Waals surface area (Å²) in [5.74, 6) is -0.773. The number of para-hydroxylation sites is 1. The molecular weight excluding hydrogens is 396 g/mol. The molecule has 1 aliphatic rings. The van der Waals surface area contributed by atoms with Gasteiger partial charge in [-0.15, -0.1) is 0 Å². The Kier molecular flexibility index (Phi) is 4.30. The van der Waals surface area contributed by atoms with Crippen LogP contribution in [0.25, 0.3) is 10.9 Å². The predicted molar refractivity (Wildman–Crippen MR) is 91.6 cm³/mol. The van der Waals surface area contributed by atoms with E-state index >= 15 is 0 Å². The highest BCUT2D eigenvalue weighted by atomic mass is 79.9. The molecule has 3 rings (SSSR count). The van der Waals surface area contributed by atoms with Crippen molar-refractivity contribution in [3.8, 4) is 0 Å². The average molecular weight is 416 g/mol. The molecule has 1 fully saturated rings. The summed E-state index contributed by atoms with van der Waals surface area (Å²) in [5.41, 5.74) is -1.46. The maximum Gasteiger partial charge on any atom is 0.217 e. The zero-order valence-electron chi connectivity index (χ0n) is 14.0. The van der Waals surface area contributed by atoms with Gasteiger partial charge in [-0.2, -0.15) is 0 Å². The van der Waals surface area contributed by atoms with E-state index in [1.807, 2.05) is 0 Å². The zero-order valence-corrected chi connectivity index (χ0v) is 14.6. The molecule has 8 nitrogen and oxygen atoms in total. The summed E-state index contributed by atoms with van der Waals surface area (Å²) in [5, 5.41) is 45.2. The Labute approximate surface area is 153 Å². The molecule has 5 atom stereocenters. The predicted octanol–water partition coefficient (Wildman–Crippen LogP) is -0.347. The number of rotatable bonds is 3. The molecule has 2 aromatic rings. The van der Waals surface area contributed by atoms with Crippen molar-refractivity contribution >= 4 is 32.7 Å². The van der Waals surface area contributed by atoms with Crippen molar-refractivity contribution in [3.05, 3.63) is 36.0 Å². The van der Waals surface area contributed by atoms with Gasteiger partial charge in [0.05, 0.1) is 12.3 Å². The van der Waals surface area contributed by atoms with E-state index < -0.39 is 48.0 Å². The fraction of sp³-hybridized carbons (Fsp3) is 0.438. The average Bonchev–Trinajstić information content (AvgIpc) is 3.08. The number of aromatic amines is 1. The lowest BCUT2D eigenvalue weighted by Gasteiger charge is -2.51. The molecule has 136 valence electrons. The first-order chi connectivity index (χ1) is 12.3. The van der Waals surface area contributed by atoms with Crippen LogP contribution in [0.2, 0.25) is 0 Å². The van der Waals surface area contributed by atoms with E-state index in [2.05, 4.69) is 26.2 Å². The number of H-pyrrole nitrogens is 1. The summed E-state index contributed by atoms with van der Waals surface area (Å²) in [4.78, 5) is 14.7. The second-order valence-corrected chi connectivity index (χ2v) is 7.34. The van der Waals surface area contributed by atoms with Gasteiger partial charge in [-0.25, -0.2) is 0 Å². The number of aliphatic hydroxyl groups is 4. The number of hydrogen-bond donors (Lipinski definition) is 6. The molecule has 25 heavy (non-hydrogen) atoms. The Balaban J connectivity index is 2.15. The first-order valence-corrected chi connectivity index (χ1v) is 8.28. The Morgan fingerprint density at radius 2 is 2.20 bits per heavy atom. The van der Waals surface area contributed by atoms with Crippen molar-refractivity contribution in [2.45, 2.75) is 35.4 Å². The normalized spacial score (nSPS) is 36.2. The van der Waals surface area contributed by atoms with E-state index in [0.29, 0.717) is 5.52 Å². The number of aliphatic hydroxyl groups excluding tert-OH is 3. The molecule has 1 aromatic heterocycles. The Hall–Kier alpha value is -1.49. The fourth-order valence-electron chi connectivity index (χ4n) is 3.13. The third kappa shape index (κ3) is 2.86. The van der Waals surface area contributed by atoms with Gasteiger partial charge in [0, 0.05) is 13.8 Å².